The molecule has 11 heteroatoms. The number of benzene rings is 1. The molecule has 3 amide bonds. The summed E-state index contributed by atoms with van der Waals surface area (Å²) in [7, 11) is 1.20. The fourth-order valence-corrected chi connectivity index (χ4v) is 2.80. The molecule has 3 rings (SSSR count). The summed E-state index contributed by atoms with van der Waals surface area (Å²) in [5.41, 5.74) is -0.0746. The van der Waals surface area contributed by atoms with Crippen LogP contribution in [0.15, 0.2) is 40.4 Å². The predicted octanol–water partition coefficient (Wildman–Crippen LogP) is 2.47. The molecule has 11 nitrogen and oxygen atoms in total. The van der Waals surface area contributed by atoms with Gasteiger partial charge in [-0.3, -0.25) is 19.8 Å². The van der Waals surface area contributed by atoms with Crippen LogP contribution in [0.5, 0.6) is 5.75 Å². The van der Waals surface area contributed by atoms with Gasteiger partial charge in [-0.05, 0) is 25.1 Å². The van der Waals surface area contributed by atoms with Gasteiger partial charge in [-0.2, -0.15) is 0 Å². The SMILES string of the molecule is CCOc1c(C=C2NC(=O)N(Cc3ccc(C(=O)OC)o3)C2=O)cccc1[N+](=O)[O-]. The van der Waals surface area contributed by atoms with Crippen molar-refractivity contribution in [3.8, 4) is 5.75 Å². The highest BCUT2D eigenvalue weighted by Gasteiger charge is 2.35. The van der Waals surface area contributed by atoms with Crippen molar-refractivity contribution in [2.45, 2.75) is 13.5 Å². The number of nitrogens with zero attached hydrogens (tertiary/aromatic N) is 2. The van der Waals surface area contributed by atoms with Gasteiger partial charge in [-0.1, -0.05) is 12.1 Å². The summed E-state index contributed by atoms with van der Waals surface area (Å²) >= 11 is 0. The topological polar surface area (TPSA) is 141 Å². The lowest BCUT2D eigenvalue weighted by Crippen LogP contribution is -2.30. The van der Waals surface area contributed by atoms with E-state index in [1.807, 2.05) is 0 Å². The summed E-state index contributed by atoms with van der Waals surface area (Å²) in [6.07, 6.45) is 1.31. The fraction of sp³-hybridized carbons (Fsp3) is 0.211. The zero-order valence-corrected chi connectivity index (χ0v) is 16.0. The minimum atomic E-state index is -0.703. The van der Waals surface area contributed by atoms with Crippen LogP contribution < -0.4 is 10.1 Å². The van der Waals surface area contributed by atoms with E-state index < -0.39 is 22.8 Å². The van der Waals surface area contributed by atoms with Crippen LogP contribution in [-0.2, 0) is 16.1 Å². The van der Waals surface area contributed by atoms with Crippen LogP contribution in [0.1, 0.15) is 28.8 Å². The number of imide groups is 1. The molecular formula is C19H17N3O8. The van der Waals surface area contributed by atoms with Gasteiger partial charge in [-0.25, -0.2) is 9.59 Å². The van der Waals surface area contributed by atoms with Gasteiger partial charge in [0.1, 0.15) is 11.5 Å². The molecule has 1 fully saturated rings. The second-order valence-corrected chi connectivity index (χ2v) is 6.02. The molecule has 2 aromatic rings. The molecule has 30 heavy (non-hydrogen) atoms. The zero-order valence-electron chi connectivity index (χ0n) is 16.0. The third kappa shape index (κ3) is 3.99. The number of amides is 3. The number of rotatable bonds is 7. The third-order valence-corrected chi connectivity index (χ3v) is 4.13. The number of carbonyl (C=O) groups is 3. The van der Waals surface area contributed by atoms with Gasteiger partial charge < -0.3 is 19.2 Å². The summed E-state index contributed by atoms with van der Waals surface area (Å²) in [6, 6.07) is 6.37. The number of ether oxygens (including phenoxy) is 2. The molecular weight excluding hydrogens is 398 g/mol. The first-order valence-electron chi connectivity index (χ1n) is 8.77. The largest absolute Gasteiger partial charge is 0.487 e. The standard InChI is InChI=1S/C19H17N3O8/c1-3-29-16-11(5-4-6-14(16)22(26)27)9-13-17(23)21(19(25)20-13)10-12-7-8-15(30-12)18(24)28-2/h4-9H,3,10H2,1-2H3,(H,20,25). The van der Waals surface area contributed by atoms with Crippen LogP contribution in [0.25, 0.3) is 6.08 Å². The molecule has 0 saturated carbocycles. The summed E-state index contributed by atoms with van der Waals surface area (Å²) in [5, 5.41) is 13.7. The quantitative estimate of drug-likeness (QED) is 0.239. The van der Waals surface area contributed by atoms with Gasteiger partial charge in [0, 0.05) is 11.6 Å². The highest BCUT2D eigenvalue weighted by atomic mass is 16.6. The Morgan fingerprint density at radius 2 is 2.07 bits per heavy atom. The molecule has 1 aliphatic heterocycles. The summed E-state index contributed by atoms with van der Waals surface area (Å²) in [4.78, 5) is 47.9. The van der Waals surface area contributed by atoms with Crippen LogP contribution in [0.2, 0.25) is 0 Å². The number of urea groups is 1. The molecule has 0 unspecified atom stereocenters. The van der Waals surface area contributed by atoms with Crippen molar-refractivity contribution < 1.29 is 33.2 Å². The first-order valence-corrected chi connectivity index (χ1v) is 8.77. The van der Waals surface area contributed by atoms with Crippen LogP contribution in [-0.4, -0.2) is 41.4 Å². The molecule has 0 radical (unpaired) electrons. The molecule has 1 N–H and O–H groups in total. The monoisotopic (exact) mass is 415 g/mol. The van der Waals surface area contributed by atoms with E-state index in [2.05, 4.69) is 10.1 Å². The van der Waals surface area contributed by atoms with E-state index >= 15 is 0 Å². The number of para-hydroxylation sites is 1. The number of hydrogen-bond acceptors (Lipinski definition) is 8. The Morgan fingerprint density at radius 1 is 1.30 bits per heavy atom. The molecule has 2 heterocycles. The maximum atomic E-state index is 12.7. The van der Waals surface area contributed by atoms with Crippen molar-refractivity contribution in [3.05, 3.63) is 63.2 Å². The van der Waals surface area contributed by atoms with E-state index in [0.717, 1.165) is 4.90 Å². The molecule has 0 spiro atoms. The average molecular weight is 415 g/mol. The lowest BCUT2D eigenvalue weighted by atomic mass is 10.1. The van der Waals surface area contributed by atoms with E-state index in [1.165, 1.54) is 43.5 Å². The lowest BCUT2D eigenvalue weighted by Gasteiger charge is -2.09. The van der Waals surface area contributed by atoms with Crippen LogP contribution >= 0.6 is 0 Å². The molecule has 0 aliphatic carbocycles. The molecule has 1 aromatic carbocycles. The van der Waals surface area contributed by atoms with E-state index in [-0.39, 0.29) is 47.4 Å². The fourth-order valence-electron chi connectivity index (χ4n) is 2.80. The summed E-state index contributed by atoms with van der Waals surface area (Å²) in [5.74, 6) is -1.22. The molecule has 0 atom stereocenters. The molecule has 1 aliphatic rings. The Labute approximate surface area is 170 Å². The van der Waals surface area contributed by atoms with Gasteiger partial charge in [0.05, 0.1) is 25.2 Å². The molecule has 0 bridgehead atoms. The lowest BCUT2D eigenvalue weighted by molar-refractivity contribution is -0.385. The highest BCUT2D eigenvalue weighted by molar-refractivity contribution is 6.14. The van der Waals surface area contributed by atoms with Gasteiger partial charge in [0.2, 0.25) is 11.5 Å². The molecule has 1 saturated heterocycles. The number of furan rings is 1. The Hall–Kier alpha value is -4.15. The smallest absolute Gasteiger partial charge is 0.373 e. The predicted molar refractivity (Wildman–Crippen MR) is 101 cm³/mol. The number of methoxy groups -OCH3 is 1. The number of hydrogen-bond donors (Lipinski definition) is 1. The first kappa shape index (κ1) is 20.6. The van der Waals surface area contributed by atoms with E-state index in [9.17, 15) is 24.5 Å². The second-order valence-electron chi connectivity index (χ2n) is 6.02. The number of nitro groups is 1. The minimum absolute atomic E-state index is 0.00764. The van der Waals surface area contributed by atoms with Crippen LogP contribution in [0.4, 0.5) is 10.5 Å². The zero-order chi connectivity index (χ0) is 21.8. The Kier molecular flexibility index (Phi) is 5.81. The van der Waals surface area contributed by atoms with Crippen molar-refractivity contribution in [2.24, 2.45) is 0 Å². The third-order valence-electron chi connectivity index (χ3n) is 4.13. The number of nitro benzene ring substituents is 1. The maximum absolute atomic E-state index is 12.7. The van der Waals surface area contributed by atoms with Crippen molar-refractivity contribution in [3.63, 3.8) is 0 Å². The van der Waals surface area contributed by atoms with Gasteiger partial charge in [0.25, 0.3) is 5.91 Å². The Balaban J connectivity index is 1.87. The van der Waals surface area contributed by atoms with Crippen molar-refractivity contribution in [1.29, 1.82) is 0 Å². The minimum Gasteiger partial charge on any atom is -0.487 e. The van der Waals surface area contributed by atoms with Gasteiger partial charge >= 0.3 is 17.7 Å². The van der Waals surface area contributed by atoms with E-state index in [1.54, 1.807) is 6.92 Å². The average Bonchev–Trinajstić information content (AvgIpc) is 3.29. The van der Waals surface area contributed by atoms with Gasteiger partial charge in [0.15, 0.2) is 0 Å². The highest BCUT2D eigenvalue weighted by Crippen LogP contribution is 2.33. The number of esters is 1. The van der Waals surface area contributed by atoms with Gasteiger partial charge in [-0.15, -0.1) is 0 Å². The summed E-state index contributed by atoms with van der Waals surface area (Å²) in [6.45, 7) is 1.63. The number of carbonyl (C=O) groups excluding carboxylic acids is 3. The first-order chi connectivity index (χ1) is 14.3. The van der Waals surface area contributed by atoms with Crippen LogP contribution in [0.3, 0.4) is 0 Å². The van der Waals surface area contributed by atoms with Crippen LogP contribution in [0, 0.1) is 10.1 Å². The Bertz CT molecular complexity index is 1060. The molecule has 156 valence electrons. The van der Waals surface area contributed by atoms with Crippen molar-refractivity contribution >= 4 is 29.7 Å². The normalized spacial score (nSPS) is 14.7. The van der Waals surface area contributed by atoms with Crippen molar-refractivity contribution in [2.75, 3.05) is 13.7 Å². The van der Waals surface area contributed by atoms with Crippen molar-refractivity contribution in [1.82, 2.24) is 10.2 Å². The number of nitrogens with one attached hydrogen (secondary N) is 1. The second kappa shape index (κ2) is 8.47. The maximum Gasteiger partial charge on any atom is 0.373 e. The molecule has 1 aromatic heterocycles. The van der Waals surface area contributed by atoms with E-state index in [0.29, 0.717) is 0 Å². The Morgan fingerprint density at radius 3 is 2.73 bits per heavy atom. The summed E-state index contributed by atoms with van der Waals surface area (Å²) < 4.78 is 15.2. The van der Waals surface area contributed by atoms with E-state index in [4.69, 9.17) is 9.15 Å².